The highest BCUT2D eigenvalue weighted by atomic mass is 16.2. The Kier molecular flexibility index (Phi) is 6.94. The van der Waals surface area contributed by atoms with E-state index in [1.165, 1.54) is 0 Å². The Labute approximate surface area is 187 Å². The number of piperidine rings is 2. The van der Waals surface area contributed by atoms with E-state index in [0.29, 0.717) is 31.1 Å². The summed E-state index contributed by atoms with van der Waals surface area (Å²) in [5.41, 5.74) is 1.24. The molecule has 9 heteroatoms. The second kappa shape index (κ2) is 10.2. The number of amides is 3. The van der Waals surface area contributed by atoms with Crippen molar-refractivity contribution >= 4 is 35.0 Å². The zero-order valence-electron chi connectivity index (χ0n) is 18.0. The summed E-state index contributed by atoms with van der Waals surface area (Å²) in [6.45, 7) is 2.77. The van der Waals surface area contributed by atoms with Crippen molar-refractivity contribution in [2.45, 2.75) is 32.1 Å². The highest BCUT2D eigenvalue weighted by Gasteiger charge is 2.23. The molecule has 0 saturated carbocycles. The van der Waals surface area contributed by atoms with Gasteiger partial charge in [0, 0.05) is 56.4 Å². The van der Waals surface area contributed by atoms with Gasteiger partial charge in [0.1, 0.15) is 0 Å². The summed E-state index contributed by atoms with van der Waals surface area (Å²) in [5.74, 6) is -0.245. The molecule has 1 aromatic carbocycles. The van der Waals surface area contributed by atoms with Crippen LogP contribution in [0.4, 0.5) is 17.3 Å². The predicted molar refractivity (Wildman–Crippen MR) is 121 cm³/mol. The third-order valence-corrected chi connectivity index (χ3v) is 5.95. The smallest absolute Gasteiger partial charge is 0.313 e. The lowest BCUT2D eigenvalue weighted by molar-refractivity contribution is -0.136. The number of anilines is 3. The molecule has 2 aliphatic rings. The van der Waals surface area contributed by atoms with Crippen LogP contribution in [0.2, 0.25) is 0 Å². The number of nitrogens with one attached hydrogen (secondary N) is 2. The second-order valence-corrected chi connectivity index (χ2v) is 8.20. The Bertz CT molecular complexity index is 959. The van der Waals surface area contributed by atoms with Gasteiger partial charge in [-0.05, 0) is 55.9 Å². The minimum absolute atomic E-state index is 0.0855. The molecule has 3 amide bonds. The van der Waals surface area contributed by atoms with E-state index < -0.39 is 11.8 Å². The first-order chi connectivity index (χ1) is 15.6. The lowest BCUT2D eigenvalue weighted by Crippen LogP contribution is -2.42. The molecule has 0 unspecified atom stereocenters. The molecule has 0 radical (unpaired) electrons. The molecule has 2 saturated heterocycles. The maximum Gasteiger partial charge on any atom is 0.313 e. The zero-order chi connectivity index (χ0) is 22.3. The summed E-state index contributed by atoms with van der Waals surface area (Å²) >= 11 is 0. The topological polar surface area (TPSA) is 108 Å². The average Bonchev–Trinajstić information content (AvgIpc) is 2.84. The Balaban J connectivity index is 1.24. The van der Waals surface area contributed by atoms with E-state index in [9.17, 15) is 14.4 Å². The molecule has 2 aromatic rings. The fraction of sp³-hybridized carbons (Fsp3) is 0.435. The van der Waals surface area contributed by atoms with Crippen molar-refractivity contribution in [3.63, 3.8) is 0 Å². The van der Waals surface area contributed by atoms with Crippen LogP contribution in [0.3, 0.4) is 0 Å². The van der Waals surface area contributed by atoms with E-state index in [1.807, 2.05) is 6.07 Å². The monoisotopic (exact) mass is 436 g/mol. The molecule has 0 atom stereocenters. The molecular formula is C23H28N6O3. The van der Waals surface area contributed by atoms with Crippen LogP contribution in [0.25, 0.3) is 0 Å². The minimum atomic E-state index is -0.706. The van der Waals surface area contributed by atoms with Gasteiger partial charge >= 0.3 is 11.8 Å². The van der Waals surface area contributed by atoms with Crippen molar-refractivity contribution in [2.24, 2.45) is 5.92 Å². The minimum Gasteiger partial charge on any atom is -0.348 e. The lowest BCUT2D eigenvalue weighted by Gasteiger charge is -2.31. The fourth-order valence-corrected chi connectivity index (χ4v) is 4.13. The van der Waals surface area contributed by atoms with Gasteiger partial charge in [0.2, 0.25) is 11.9 Å². The van der Waals surface area contributed by atoms with Gasteiger partial charge in [0.25, 0.3) is 0 Å². The quantitative estimate of drug-likeness (QED) is 0.694. The van der Waals surface area contributed by atoms with Crippen LogP contribution in [-0.2, 0) is 14.4 Å². The van der Waals surface area contributed by atoms with Crippen molar-refractivity contribution in [2.75, 3.05) is 41.3 Å². The average molecular weight is 437 g/mol. The molecule has 1 aromatic heterocycles. The van der Waals surface area contributed by atoms with E-state index in [2.05, 4.69) is 25.5 Å². The molecule has 2 fully saturated rings. The number of carbonyl (C=O) groups is 3. The summed E-state index contributed by atoms with van der Waals surface area (Å²) < 4.78 is 0. The first-order valence-electron chi connectivity index (χ1n) is 11.1. The van der Waals surface area contributed by atoms with Crippen LogP contribution in [-0.4, -0.2) is 53.9 Å². The molecule has 2 N–H and O–H groups in total. The fourth-order valence-electron chi connectivity index (χ4n) is 4.13. The van der Waals surface area contributed by atoms with Gasteiger partial charge in [-0.25, -0.2) is 9.97 Å². The van der Waals surface area contributed by atoms with Crippen molar-refractivity contribution in [3.05, 3.63) is 42.7 Å². The first kappa shape index (κ1) is 21.7. The van der Waals surface area contributed by atoms with Crippen LogP contribution in [0, 0.1) is 5.92 Å². The molecule has 168 valence electrons. The van der Waals surface area contributed by atoms with Crippen molar-refractivity contribution < 1.29 is 14.4 Å². The number of hydrogen-bond acceptors (Lipinski definition) is 6. The summed E-state index contributed by atoms with van der Waals surface area (Å²) in [6, 6.07) is 8.85. The first-order valence-corrected chi connectivity index (χ1v) is 11.1. The lowest BCUT2D eigenvalue weighted by atomic mass is 9.97. The van der Waals surface area contributed by atoms with Gasteiger partial charge in [0.15, 0.2) is 0 Å². The number of rotatable bonds is 5. The highest BCUT2D eigenvalue weighted by Crippen LogP contribution is 2.24. The molecule has 4 rings (SSSR count). The molecule has 2 aliphatic heterocycles. The highest BCUT2D eigenvalue weighted by molar-refractivity contribution is 6.39. The maximum atomic E-state index is 12.3. The van der Waals surface area contributed by atoms with Gasteiger partial charge in [-0.15, -0.1) is 0 Å². The Hall–Kier alpha value is -3.49. The van der Waals surface area contributed by atoms with Gasteiger partial charge in [-0.3, -0.25) is 14.4 Å². The van der Waals surface area contributed by atoms with Crippen molar-refractivity contribution in [1.29, 1.82) is 0 Å². The Morgan fingerprint density at radius 1 is 1.00 bits per heavy atom. The molecular weight excluding hydrogens is 408 g/mol. The van der Waals surface area contributed by atoms with E-state index in [-0.39, 0.29) is 5.91 Å². The number of carbonyl (C=O) groups excluding carboxylic acids is 3. The standard InChI is InChI=1S/C23H28N6O3/c30-20-7-1-2-12-29(20)19-6-3-5-18(15-19)27-22(32)21(31)26-16-17-8-13-28(14-9-17)23-24-10-4-11-25-23/h3-6,10-11,15,17H,1-2,7-9,12-14,16H2,(H,26,31)(H,27,32). The van der Waals surface area contributed by atoms with Crippen LogP contribution in [0.5, 0.6) is 0 Å². The normalized spacial score (nSPS) is 17.2. The zero-order valence-corrected chi connectivity index (χ0v) is 18.0. The molecule has 0 aliphatic carbocycles. The van der Waals surface area contributed by atoms with Gasteiger partial charge in [-0.2, -0.15) is 0 Å². The van der Waals surface area contributed by atoms with E-state index >= 15 is 0 Å². The summed E-state index contributed by atoms with van der Waals surface area (Å²) in [4.78, 5) is 49.2. The molecule has 9 nitrogen and oxygen atoms in total. The summed E-state index contributed by atoms with van der Waals surface area (Å²) in [5, 5.41) is 5.39. The SMILES string of the molecule is O=C(NCC1CCN(c2ncccn2)CC1)C(=O)Nc1cccc(N2CCCCC2=O)c1. The van der Waals surface area contributed by atoms with Crippen molar-refractivity contribution in [3.8, 4) is 0 Å². The molecule has 3 heterocycles. The third-order valence-electron chi connectivity index (χ3n) is 5.95. The third kappa shape index (κ3) is 5.40. The van der Waals surface area contributed by atoms with Gasteiger partial charge in [0.05, 0.1) is 0 Å². The predicted octanol–water partition coefficient (Wildman–Crippen LogP) is 1.96. The number of benzene rings is 1. The van der Waals surface area contributed by atoms with Crippen molar-refractivity contribution in [1.82, 2.24) is 15.3 Å². The summed E-state index contributed by atoms with van der Waals surface area (Å²) in [7, 11) is 0. The van der Waals surface area contributed by atoms with Gasteiger partial charge in [-0.1, -0.05) is 6.07 Å². The summed E-state index contributed by atoms with van der Waals surface area (Å²) in [6.07, 6.45) is 7.65. The van der Waals surface area contributed by atoms with Crippen LogP contribution < -0.4 is 20.4 Å². The van der Waals surface area contributed by atoms with E-state index in [4.69, 9.17) is 0 Å². The van der Waals surface area contributed by atoms with Gasteiger partial charge < -0.3 is 20.4 Å². The van der Waals surface area contributed by atoms with Crippen LogP contribution in [0.1, 0.15) is 32.1 Å². The maximum absolute atomic E-state index is 12.3. The molecule has 0 spiro atoms. The number of nitrogens with zero attached hydrogens (tertiary/aromatic N) is 4. The van der Waals surface area contributed by atoms with E-state index in [1.54, 1.807) is 41.6 Å². The molecule has 0 bridgehead atoms. The number of hydrogen-bond donors (Lipinski definition) is 2. The number of aromatic nitrogens is 2. The Morgan fingerprint density at radius 3 is 2.53 bits per heavy atom. The second-order valence-electron chi connectivity index (χ2n) is 8.20. The Morgan fingerprint density at radius 2 is 1.78 bits per heavy atom. The van der Waals surface area contributed by atoms with Crippen LogP contribution >= 0.6 is 0 Å². The van der Waals surface area contributed by atoms with E-state index in [0.717, 1.165) is 50.4 Å². The molecule has 32 heavy (non-hydrogen) atoms. The van der Waals surface area contributed by atoms with Crippen LogP contribution in [0.15, 0.2) is 42.7 Å². The largest absolute Gasteiger partial charge is 0.348 e.